The first-order chi connectivity index (χ1) is 7.24. The second-order valence-electron chi connectivity index (χ2n) is 3.68. The van der Waals surface area contributed by atoms with Gasteiger partial charge in [0.15, 0.2) is 0 Å². The number of hydrogen-bond donors (Lipinski definition) is 1. The van der Waals surface area contributed by atoms with Crippen molar-refractivity contribution in [2.45, 2.75) is 6.04 Å². The lowest BCUT2D eigenvalue weighted by Crippen LogP contribution is -2.34. The van der Waals surface area contributed by atoms with E-state index in [1.54, 1.807) is 23.1 Å². The molecule has 1 aliphatic heterocycles. The van der Waals surface area contributed by atoms with Gasteiger partial charge in [0.2, 0.25) is 0 Å². The molecular weight excluding hydrogens is 194 g/mol. The Labute approximate surface area is 88.4 Å². The van der Waals surface area contributed by atoms with Crippen molar-refractivity contribution in [1.29, 1.82) is 0 Å². The maximum atomic E-state index is 11.8. The van der Waals surface area contributed by atoms with Gasteiger partial charge in [-0.1, -0.05) is 0 Å². The molecule has 1 fully saturated rings. The molecule has 15 heavy (non-hydrogen) atoms. The molecule has 0 spiro atoms. The Hall–Kier alpha value is -1.49. The third-order valence-electron chi connectivity index (χ3n) is 2.64. The second-order valence-corrected chi connectivity index (χ2v) is 3.68. The highest BCUT2D eigenvalue weighted by molar-refractivity contribution is 5.77. The van der Waals surface area contributed by atoms with E-state index < -0.39 is 0 Å². The van der Waals surface area contributed by atoms with Crippen LogP contribution in [0.2, 0.25) is 0 Å². The van der Waals surface area contributed by atoms with Gasteiger partial charge >= 0.3 is 6.03 Å². The van der Waals surface area contributed by atoms with E-state index in [4.69, 9.17) is 10.2 Å². The first kappa shape index (κ1) is 10.0. The standard InChI is InChI=1S/C10H15N3O2/c1-12-7-8(9-3-2-6-15-9)13(5-4-11)10(12)14/h2-3,6,8H,4-5,7,11H2,1H3. The molecule has 5 heteroatoms. The number of hydrogen-bond acceptors (Lipinski definition) is 3. The number of urea groups is 1. The van der Waals surface area contributed by atoms with E-state index in [0.29, 0.717) is 19.6 Å². The summed E-state index contributed by atoms with van der Waals surface area (Å²) in [5, 5.41) is 0. The highest BCUT2D eigenvalue weighted by Crippen LogP contribution is 2.28. The summed E-state index contributed by atoms with van der Waals surface area (Å²) in [6.07, 6.45) is 1.62. The zero-order valence-corrected chi connectivity index (χ0v) is 8.72. The van der Waals surface area contributed by atoms with Gasteiger partial charge in [0.1, 0.15) is 11.8 Å². The molecule has 2 heterocycles. The number of nitrogens with zero attached hydrogens (tertiary/aromatic N) is 2. The van der Waals surface area contributed by atoms with Crippen LogP contribution in [0.5, 0.6) is 0 Å². The van der Waals surface area contributed by atoms with E-state index in [0.717, 1.165) is 5.76 Å². The number of amides is 2. The molecule has 0 bridgehead atoms. The minimum Gasteiger partial charge on any atom is -0.467 e. The van der Waals surface area contributed by atoms with E-state index in [2.05, 4.69) is 0 Å². The van der Waals surface area contributed by atoms with Crippen LogP contribution < -0.4 is 5.73 Å². The molecule has 1 aliphatic rings. The van der Waals surface area contributed by atoms with Gasteiger partial charge in [-0.15, -0.1) is 0 Å². The van der Waals surface area contributed by atoms with Crippen LogP contribution >= 0.6 is 0 Å². The normalized spacial score (nSPS) is 21.5. The Morgan fingerprint density at radius 3 is 3.07 bits per heavy atom. The summed E-state index contributed by atoms with van der Waals surface area (Å²) >= 11 is 0. The Bertz CT molecular complexity index is 336. The molecule has 0 aliphatic carbocycles. The first-order valence-corrected chi connectivity index (χ1v) is 4.99. The fourth-order valence-electron chi connectivity index (χ4n) is 1.90. The van der Waals surface area contributed by atoms with Gasteiger partial charge < -0.3 is 20.0 Å². The van der Waals surface area contributed by atoms with E-state index in [-0.39, 0.29) is 12.1 Å². The topological polar surface area (TPSA) is 62.7 Å². The van der Waals surface area contributed by atoms with E-state index in [9.17, 15) is 4.79 Å². The first-order valence-electron chi connectivity index (χ1n) is 4.99. The van der Waals surface area contributed by atoms with Crippen molar-refractivity contribution < 1.29 is 9.21 Å². The van der Waals surface area contributed by atoms with Crippen LogP contribution in [-0.2, 0) is 0 Å². The number of furan rings is 1. The number of rotatable bonds is 3. The monoisotopic (exact) mass is 209 g/mol. The molecule has 1 atom stereocenters. The Morgan fingerprint density at radius 2 is 2.47 bits per heavy atom. The molecule has 0 radical (unpaired) electrons. The van der Waals surface area contributed by atoms with E-state index >= 15 is 0 Å². The van der Waals surface area contributed by atoms with Gasteiger partial charge in [0, 0.05) is 26.7 Å². The van der Waals surface area contributed by atoms with Crippen LogP contribution in [0.25, 0.3) is 0 Å². The lowest BCUT2D eigenvalue weighted by Gasteiger charge is -2.20. The molecule has 1 saturated heterocycles. The lowest BCUT2D eigenvalue weighted by molar-refractivity contribution is 0.189. The Kier molecular flexibility index (Phi) is 2.64. The summed E-state index contributed by atoms with van der Waals surface area (Å²) in [5.41, 5.74) is 5.49. The van der Waals surface area contributed by atoms with Gasteiger partial charge in [-0.2, -0.15) is 0 Å². The Balaban J connectivity index is 2.20. The van der Waals surface area contributed by atoms with Crippen molar-refractivity contribution in [3.05, 3.63) is 24.2 Å². The summed E-state index contributed by atoms with van der Waals surface area (Å²) in [7, 11) is 1.79. The second kappa shape index (κ2) is 3.94. The van der Waals surface area contributed by atoms with Crippen LogP contribution in [0.3, 0.4) is 0 Å². The summed E-state index contributed by atoms with van der Waals surface area (Å²) in [6.45, 7) is 1.69. The van der Waals surface area contributed by atoms with Crippen LogP contribution in [-0.4, -0.2) is 42.5 Å². The zero-order valence-electron chi connectivity index (χ0n) is 8.72. The van der Waals surface area contributed by atoms with E-state index in [1.807, 2.05) is 12.1 Å². The minimum absolute atomic E-state index is 0.000972. The van der Waals surface area contributed by atoms with Gasteiger partial charge in [0.25, 0.3) is 0 Å². The average Bonchev–Trinajstić information content (AvgIpc) is 2.81. The molecule has 2 amide bonds. The number of carbonyl (C=O) groups is 1. The van der Waals surface area contributed by atoms with Crippen molar-refractivity contribution in [3.63, 3.8) is 0 Å². The fraction of sp³-hybridized carbons (Fsp3) is 0.500. The molecule has 1 unspecified atom stereocenters. The third kappa shape index (κ3) is 1.70. The van der Waals surface area contributed by atoms with Gasteiger partial charge in [-0.05, 0) is 12.1 Å². The SMILES string of the molecule is CN1CC(c2ccco2)N(CCN)C1=O. The molecule has 2 rings (SSSR count). The molecule has 1 aromatic heterocycles. The van der Waals surface area contributed by atoms with Crippen molar-refractivity contribution in [2.24, 2.45) is 5.73 Å². The molecule has 1 aromatic rings. The van der Waals surface area contributed by atoms with Gasteiger partial charge in [-0.3, -0.25) is 0 Å². The summed E-state index contributed by atoms with van der Waals surface area (Å²) < 4.78 is 5.33. The van der Waals surface area contributed by atoms with Gasteiger partial charge in [-0.25, -0.2) is 4.79 Å². The maximum Gasteiger partial charge on any atom is 0.320 e. The molecule has 5 nitrogen and oxygen atoms in total. The predicted octanol–water partition coefficient (Wildman–Crippen LogP) is 0.647. The van der Waals surface area contributed by atoms with Crippen molar-refractivity contribution in [2.75, 3.05) is 26.7 Å². The van der Waals surface area contributed by atoms with Crippen molar-refractivity contribution >= 4 is 6.03 Å². The highest BCUT2D eigenvalue weighted by Gasteiger charge is 2.36. The quantitative estimate of drug-likeness (QED) is 0.794. The molecule has 0 aromatic carbocycles. The van der Waals surface area contributed by atoms with Crippen LogP contribution in [0, 0.1) is 0 Å². The highest BCUT2D eigenvalue weighted by atomic mass is 16.3. The largest absolute Gasteiger partial charge is 0.467 e. The fourth-order valence-corrected chi connectivity index (χ4v) is 1.90. The van der Waals surface area contributed by atoms with Crippen molar-refractivity contribution in [3.8, 4) is 0 Å². The zero-order chi connectivity index (χ0) is 10.8. The predicted molar refractivity (Wildman–Crippen MR) is 55.2 cm³/mol. The molecule has 82 valence electrons. The third-order valence-corrected chi connectivity index (χ3v) is 2.64. The number of carbonyl (C=O) groups excluding carboxylic acids is 1. The van der Waals surface area contributed by atoms with Crippen LogP contribution in [0.4, 0.5) is 4.79 Å². The van der Waals surface area contributed by atoms with Crippen LogP contribution in [0.15, 0.2) is 22.8 Å². The summed E-state index contributed by atoms with van der Waals surface area (Å²) in [6, 6.07) is 3.74. The molecule has 2 N–H and O–H groups in total. The number of nitrogens with two attached hydrogens (primary N) is 1. The summed E-state index contributed by atoms with van der Waals surface area (Å²) in [4.78, 5) is 15.2. The van der Waals surface area contributed by atoms with Gasteiger partial charge in [0.05, 0.1) is 6.26 Å². The lowest BCUT2D eigenvalue weighted by atomic mass is 10.2. The average molecular weight is 209 g/mol. The molecule has 0 saturated carbocycles. The van der Waals surface area contributed by atoms with E-state index in [1.165, 1.54) is 0 Å². The maximum absolute atomic E-state index is 11.8. The smallest absolute Gasteiger partial charge is 0.320 e. The summed E-state index contributed by atoms with van der Waals surface area (Å²) in [5.74, 6) is 0.821. The van der Waals surface area contributed by atoms with Crippen LogP contribution in [0.1, 0.15) is 11.8 Å². The van der Waals surface area contributed by atoms with Crippen molar-refractivity contribution in [1.82, 2.24) is 9.80 Å². The molecular formula is C10H15N3O2. The minimum atomic E-state index is 0.000972. The number of likely N-dealkylation sites (N-methyl/N-ethyl adjacent to an activating group) is 1. The Morgan fingerprint density at radius 1 is 1.67 bits per heavy atom.